The van der Waals surface area contributed by atoms with Crippen LogP contribution in [0.15, 0.2) is 47.6 Å². The molecule has 0 saturated heterocycles. The van der Waals surface area contributed by atoms with Crippen LogP contribution in [0.2, 0.25) is 0 Å². The number of allylic oxidation sites excluding steroid dienone is 4. The van der Waals surface area contributed by atoms with Crippen molar-refractivity contribution >= 4 is 0 Å². The molecule has 1 rings (SSSR count). The van der Waals surface area contributed by atoms with E-state index in [2.05, 4.69) is 78.0 Å². The summed E-state index contributed by atoms with van der Waals surface area (Å²) in [6.07, 6.45) is 4.27. The summed E-state index contributed by atoms with van der Waals surface area (Å²) in [5.74, 6) is 0. The second-order valence-corrected chi connectivity index (χ2v) is 4.41. The predicted molar refractivity (Wildman–Crippen MR) is 81.5 cm³/mol. The first-order valence-corrected chi connectivity index (χ1v) is 5.76. The first-order valence-electron chi connectivity index (χ1n) is 5.76. The zero-order valence-corrected chi connectivity index (χ0v) is 11.5. The summed E-state index contributed by atoms with van der Waals surface area (Å²) in [6.45, 7) is 12.6. The Labute approximate surface area is 108 Å². The molecule has 0 fully saturated rings. The van der Waals surface area contributed by atoms with E-state index in [1.54, 1.807) is 0 Å². The highest BCUT2D eigenvalue weighted by atomic mass is 13.9. The van der Waals surface area contributed by atoms with Crippen LogP contribution in [0.1, 0.15) is 46.2 Å². The van der Waals surface area contributed by atoms with E-state index in [9.17, 15) is 0 Å². The van der Waals surface area contributed by atoms with Gasteiger partial charge in [0.1, 0.15) is 0 Å². The van der Waals surface area contributed by atoms with Crippen molar-refractivity contribution in [2.45, 2.75) is 49.0 Å². The van der Waals surface area contributed by atoms with Crippen molar-refractivity contribution in [2.75, 3.05) is 0 Å². The van der Waals surface area contributed by atoms with E-state index in [-0.39, 0.29) is 7.43 Å². The van der Waals surface area contributed by atoms with Gasteiger partial charge in [0.2, 0.25) is 0 Å². The summed E-state index contributed by atoms with van der Waals surface area (Å²) in [7, 11) is 0. The molecule has 0 heteroatoms. The first-order chi connectivity index (χ1) is 7.45. The van der Waals surface area contributed by atoms with Gasteiger partial charge in [-0.3, -0.25) is 0 Å². The van der Waals surface area contributed by atoms with E-state index in [0.717, 1.165) is 0 Å². The van der Waals surface area contributed by atoms with Gasteiger partial charge in [-0.15, -0.1) is 0 Å². The third-order valence-corrected chi connectivity index (χ3v) is 2.15. The maximum atomic E-state index is 2.17. The fourth-order valence-electron chi connectivity index (χ4n) is 1.35. The fourth-order valence-corrected chi connectivity index (χ4v) is 1.35. The average molecular weight is 232 g/mol. The largest absolute Gasteiger partial charge is 0.0847 e. The Bertz CT molecular complexity index is 346. The molecule has 0 aromatic heterocycles. The number of benzene rings is 1. The molecular weight excluding hydrogens is 204 g/mol. The van der Waals surface area contributed by atoms with E-state index in [1.807, 2.05) is 0 Å². The molecule has 96 valence electrons. The van der Waals surface area contributed by atoms with Crippen molar-refractivity contribution in [1.82, 2.24) is 0 Å². The predicted octanol–water partition coefficient (Wildman–Crippen LogP) is 5.86. The summed E-state index contributed by atoms with van der Waals surface area (Å²) in [4.78, 5) is 0. The highest BCUT2D eigenvalue weighted by molar-refractivity contribution is 5.20. The van der Waals surface area contributed by atoms with Crippen molar-refractivity contribution in [1.29, 1.82) is 0 Å². The lowest BCUT2D eigenvalue weighted by Crippen LogP contribution is -1.71. The number of hydrogen-bond acceptors (Lipinski definition) is 0. The molecule has 0 aliphatic rings. The van der Waals surface area contributed by atoms with Crippen LogP contribution in [0, 0.1) is 13.8 Å². The molecule has 0 spiro atoms. The van der Waals surface area contributed by atoms with E-state index in [1.165, 1.54) is 22.3 Å². The topological polar surface area (TPSA) is 0 Å². The molecule has 17 heavy (non-hydrogen) atoms. The number of aryl methyl sites for hydroxylation is 2. The SMILES string of the molecule is C.C/C=C(/C)C=C(C)C.Cc1cccc(C)c1. The highest BCUT2D eigenvalue weighted by Gasteiger charge is 1.80. The van der Waals surface area contributed by atoms with Gasteiger partial charge in [-0.05, 0) is 41.5 Å². The zero-order valence-electron chi connectivity index (χ0n) is 11.5. The molecule has 1 aromatic carbocycles. The Balaban J connectivity index is 0. The third-order valence-electron chi connectivity index (χ3n) is 2.15. The molecule has 0 radical (unpaired) electrons. The molecule has 0 heterocycles. The molecule has 0 amide bonds. The van der Waals surface area contributed by atoms with E-state index in [4.69, 9.17) is 0 Å². The minimum atomic E-state index is 0. The highest BCUT2D eigenvalue weighted by Crippen LogP contribution is 2.00. The van der Waals surface area contributed by atoms with Gasteiger partial charge in [-0.25, -0.2) is 0 Å². The van der Waals surface area contributed by atoms with Gasteiger partial charge in [0.15, 0.2) is 0 Å². The van der Waals surface area contributed by atoms with Crippen LogP contribution < -0.4 is 0 Å². The van der Waals surface area contributed by atoms with Crippen LogP contribution in [0.3, 0.4) is 0 Å². The minimum absolute atomic E-state index is 0. The monoisotopic (exact) mass is 232 g/mol. The summed E-state index contributed by atoms with van der Waals surface area (Å²) in [5.41, 5.74) is 5.38. The lowest BCUT2D eigenvalue weighted by Gasteiger charge is -1.90. The van der Waals surface area contributed by atoms with Gasteiger partial charge < -0.3 is 0 Å². The summed E-state index contributed by atoms with van der Waals surface area (Å²) >= 11 is 0. The second kappa shape index (κ2) is 9.89. The Morgan fingerprint density at radius 2 is 1.47 bits per heavy atom. The van der Waals surface area contributed by atoms with Gasteiger partial charge in [-0.2, -0.15) is 0 Å². The fraction of sp³-hybridized carbons (Fsp3) is 0.412. The molecule has 0 N–H and O–H groups in total. The summed E-state index contributed by atoms with van der Waals surface area (Å²) in [6, 6.07) is 8.45. The molecule has 0 atom stereocenters. The van der Waals surface area contributed by atoms with Crippen LogP contribution in [0.4, 0.5) is 0 Å². The van der Waals surface area contributed by atoms with Crippen LogP contribution in [0.5, 0.6) is 0 Å². The molecule has 0 aliphatic heterocycles. The Morgan fingerprint density at radius 3 is 1.65 bits per heavy atom. The molecule has 0 aliphatic carbocycles. The molecule has 0 unspecified atom stereocenters. The maximum absolute atomic E-state index is 2.17. The van der Waals surface area contributed by atoms with Crippen LogP contribution in [0.25, 0.3) is 0 Å². The van der Waals surface area contributed by atoms with Crippen molar-refractivity contribution < 1.29 is 0 Å². The Hall–Kier alpha value is -1.30. The summed E-state index contributed by atoms with van der Waals surface area (Å²) < 4.78 is 0. The summed E-state index contributed by atoms with van der Waals surface area (Å²) in [5, 5.41) is 0. The smallest absolute Gasteiger partial charge is 0.0398 e. The quantitative estimate of drug-likeness (QED) is 0.532. The standard InChI is InChI=1S/C8H10.C8H14.CH4/c1-7-4-3-5-8(2)6-7;1-5-8(4)6-7(2)3;/h3-6H,1-2H3;5-6H,1-4H3;1H4/b;8-5-;. The van der Waals surface area contributed by atoms with E-state index in [0.29, 0.717) is 0 Å². The van der Waals surface area contributed by atoms with Gasteiger partial charge in [0.25, 0.3) is 0 Å². The van der Waals surface area contributed by atoms with Crippen molar-refractivity contribution in [2.24, 2.45) is 0 Å². The van der Waals surface area contributed by atoms with Gasteiger partial charge in [0.05, 0.1) is 0 Å². The minimum Gasteiger partial charge on any atom is -0.0847 e. The first kappa shape index (κ1) is 18.1. The van der Waals surface area contributed by atoms with Crippen LogP contribution in [-0.4, -0.2) is 0 Å². The van der Waals surface area contributed by atoms with Crippen molar-refractivity contribution in [3.8, 4) is 0 Å². The number of hydrogen-bond donors (Lipinski definition) is 0. The molecule has 0 saturated carbocycles. The lowest BCUT2D eigenvalue weighted by atomic mass is 10.2. The zero-order chi connectivity index (χ0) is 12.6. The number of rotatable bonds is 1. The lowest BCUT2D eigenvalue weighted by molar-refractivity contribution is 1.34. The second-order valence-electron chi connectivity index (χ2n) is 4.41. The molecule has 0 bridgehead atoms. The normalized spacial score (nSPS) is 9.65. The van der Waals surface area contributed by atoms with Crippen molar-refractivity contribution in [3.63, 3.8) is 0 Å². The van der Waals surface area contributed by atoms with E-state index >= 15 is 0 Å². The molecular formula is C17H28. The van der Waals surface area contributed by atoms with E-state index < -0.39 is 0 Å². The third kappa shape index (κ3) is 11.0. The molecule has 1 aromatic rings. The van der Waals surface area contributed by atoms with Crippen LogP contribution in [-0.2, 0) is 0 Å². The van der Waals surface area contributed by atoms with Crippen molar-refractivity contribution in [3.05, 3.63) is 58.7 Å². The Kier molecular flexibility index (Phi) is 10.5. The van der Waals surface area contributed by atoms with Gasteiger partial charge in [0, 0.05) is 0 Å². The van der Waals surface area contributed by atoms with Gasteiger partial charge >= 0.3 is 0 Å². The van der Waals surface area contributed by atoms with Gasteiger partial charge in [-0.1, -0.05) is 66.1 Å². The maximum Gasteiger partial charge on any atom is -0.0398 e. The average Bonchev–Trinajstić information content (AvgIpc) is 2.17. The van der Waals surface area contributed by atoms with Crippen LogP contribution >= 0.6 is 0 Å². The Morgan fingerprint density at radius 1 is 1.00 bits per heavy atom. The molecule has 0 nitrogen and oxygen atoms in total.